The third kappa shape index (κ3) is 7.22. The van der Waals surface area contributed by atoms with Crippen LogP contribution in [0, 0.1) is 6.92 Å². The van der Waals surface area contributed by atoms with Crippen molar-refractivity contribution in [3.05, 3.63) is 48.2 Å². The van der Waals surface area contributed by atoms with E-state index in [2.05, 4.69) is 15.6 Å². The van der Waals surface area contributed by atoms with E-state index in [9.17, 15) is 4.79 Å². The maximum absolute atomic E-state index is 11.9. The van der Waals surface area contributed by atoms with Crippen molar-refractivity contribution in [2.75, 3.05) is 30.4 Å². The van der Waals surface area contributed by atoms with Gasteiger partial charge in [0, 0.05) is 13.2 Å². The summed E-state index contributed by atoms with van der Waals surface area (Å²) in [5.41, 5.74) is 1.77. The highest BCUT2D eigenvalue weighted by molar-refractivity contribution is 5.91. The zero-order valence-electron chi connectivity index (χ0n) is 14.5. The number of hydrogen-bond donors (Lipinski definition) is 3. The number of carbonyl (C=O) groups is 1. The lowest BCUT2D eigenvalue weighted by molar-refractivity contribution is -0.118. The Bertz CT molecular complexity index is 642. The van der Waals surface area contributed by atoms with Crippen LogP contribution in [-0.4, -0.2) is 35.8 Å². The average Bonchev–Trinajstić information content (AvgIpc) is 2.62. The molecule has 134 valence electrons. The number of benzene rings is 1. The highest BCUT2D eigenvalue weighted by Gasteiger charge is 2.04. The minimum atomic E-state index is -0.230. The molecule has 0 spiro atoms. The lowest BCUT2D eigenvalue weighted by Crippen LogP contribution is -2.20. The maximum Gasteiger partial charge on any atom is 0.262 e. The van der Waals surface area contributed by atoms with Gasteiger partial charge in [0.2, 0.25) is 0 Å². The summed E-state index contributed by atoms with van der Waals surface area (Å²) in [6.45, 7) is 2.99. The Labute approximate surface area is 148 Å². The van der Waals surface area contributed by atoms with Crippen LogP contribution in [0.15, 0.2) is 42.6 Å². The van der Waals surface area contributed by atoms with E-state index in [0.29, 0.717) is 11.4 Å². The molecule has 0 bridgehead atoms. The van der Waals surface area contributed by atoms with Gasteiger partial charge >= 0.3 is 0 Å². The van der Waals surface area contributed by atoms with Crippen molar-refractivity contribution in [2.24, 2.45) is 0 Å². The van der Waals surface area contributed by atoms with Crippen molar-refractivity contribution in [2.45, 2.75) is 26.2 Å². The van der Waals surface area contributed by atoms with Gasteiger partial charge in [-0.1, -0.05) is 17.7 Å². The molecule has 3 N–H and O–H groups in total. The Balaban J connectivity index is 1.70. The lowest BCUT2D eigenvalue weighted by Gasteiger charge is -2.09. The third-order valence-electron chi connectivity index (χ3n) is 3.58. The molecule has 6 nitrogen and oxygen atoms in total. The van der Waals surface area contributed by atoms with E-state index in [0.717, 1.165) is 37.2 Å². The fraction of sp³-hybridized carbons (Fsp3) is 0.368. The Morgan fingerprint density at radius 2 is 1.92 bits per heavy atom. The summed E-state index contributed by atoms with van der Waals surface area (Å²) in [7, 11) is 0. The Morgan fingerprint density at radius 1 is 1.12 bits per heavy atom. The highest BCUT2D eigenvalue weighted by Crippen LogP contribution is 2.12. The second kappa shape index (κ2) is 10.3. The van der Waals surface area contributed by atoms with Crippen LogP contribution in [0.25, 0.3) is 0 Å². The number of nitrogens with one attached hydrogen (secondary N) is 2. The molecule has 0 unspecified atom stereocenters. The number of ether oxygens (including phenoxy) is 1. The summed E-state index contributed by atoms with van der Waals surface area (Å²) in [6.07, 6.45) is 4.40. The molecule has 1 amide bonds. The smallest absolute Gasteiger partial charge is 0.262 e. The number of hydrogen-bond acceptors (Lipinski definition) is 5. The quantitative estimate of drug-likeness (QED) is 0.578. The van der Waals surface area contributed by atoms with E-state index in [1.165, 1.54) is 0 Å². The fourth-order valence-corrected chi connectivity index (χ4v) is 2.18. The van der Waals surface area contributed by atoms with Crippen LogP contribution in [0.5, 0.6) is 5.75 Å². The molecule has 2 aromatic rings. The molecular formula is C19H25N3O3. The van der Waals surface area contributed by atoms with Crippen LogP contribution in [-0.2, 0) is 4.79 Å². The van der Waals surface area contributed by atoms with Crippen LogP contribution in [0.4, 0.5) is 11.5 Å². The van der Waals surface area contributed by atoms with Crippen molar-refractivity contribution in [3.63, 3.8) is 0 Å². The minimum absolute atomic E-state index is 0.0477. The van der Waals surface area contributed by atoms with Gasteiger partial charge in [0.15, 0.2) is 6.61 Å². The molecule has 0 aliphatic carbocycles. The molecule has 1 aromatic heterocycles. The molecule has 2 rings (SSSR count). The van der Waals surface area contributed by atoms with E-state index in [1.54, 1.807) is 12.3 Å². The summed E-state index contributed by atoms with van der Waals surface area (Å²) in [6, 6.07) is 11.2. The largest absolute Gasteiger partial charge is 0.484 e. The van der Waals surface area contributed by atoms with E-state index in [4.69, 9.17) is 9.84 Å². The van der Waals surface area contributed by atoms with E-state index in [-0.39, 0.29) is 19.1 Å². The SMILES string of the molecule is Cc1ccc(OCC(=O)Nc2ccc(NCCCCCO)nc2)cc1. The summed E-state index contributed by atoms with van der Waals surface area (Å²) >= 11 is 0. The van der Waals surface area contributed by atoms with Crippen molar-refractivity contribution in [3.8, 4) is 5.75 Å². The molecule has 0 fully saturated rings. The van der Waals surface area contributed by atoms with Gasteiger partial charge in [0.05, 0.1) is 11.9 Å². The fourth-order valence-electron chi connectivity index (χ4n) is 2.18. The molecule has 0 saturated heterocycles. The summed E-state index contributed by atoms with van der Waals surface area (Å²) < 4.78 is 5.44. The minimum Gasteiger partial charge on any atom is -0.484 e. The predicted molar refractivity (Wildman–Crippen MR) is 99.0 cm³/mol. The standard InChI is InChI=1S/C19H25N3O3/c1-15-5-8-17(9-6-15)25-14-19(24)22-16-7-10-18(21-13-16)20-11-3-2-4-12-23/h5-10,13,23H,2-4,11-12,14H2,1H3,(H,20,21)(H,22,24). The first kappa shape index (κ1) is 18.7. The molecule has 25 heavy (non-hydrogen) atoms. The summed E-state index contributed by atoms with van der Waals surface area (Å²) in [4.78, 5) is 16.2. The second-order valence-corrected chi connectivity index (χ2v) is 5.79. The Morgan fingerprint density at radius 3 is 2.60 bits per heavy atom. The number of unbranched alkanes of at least 4 members (excludes halogenated alkanes) is 2. The Hall–Kier alpha value is -2.60. The number of pyridine rings is 1. The maximum atomic E-state index is 11.9. The first-order chi connectivity index (χ1) is 12.2. The third-order valence-corrected chi connectivity index (χ3v) is 3.58. The summed E-state index contributed by atoms with van der Waals surface area (Å²) in [5, 5.41) is 14.7. The van der Waals surface area contributed by atoms with Crippen LogP contribution < -0.4 is 15.4 Å². The molecule has 0 aliphatic heterocycles. The van der Waals surface area contributed by atoms with Crippen LogP contribution in [0.2, 0.25) is 0 Å². The zero-order chi connectivity index (χ0) is 17.9. The lowest BCUT2D eigenvalue weighted by atomic mass is 10.2. The van der Waals surface area contributed by atoms with Gasteiger partial charge in [-0.25, -0.2) is 4.98 Å². The number of aliphatic hydroxyl groups is 1. The molecule has 6 heteroatoms. The number of anilines is 2. The number of aromatic nitrogens is 1. The molecule has 0 saturated carbocycles. The van der Waals surface area contributed by atoms with Crippen molar-refractivity contribution in [1.29, 1.82) is 0 Å². The molecular weight excluding hydrogens is 318 g/mol. The molecule has 0 atom stereocenters. The molecule has 0 aliphatic rings. The van der Waals surface area contributed by atoms with Crippen LogP contribution in [0.1, 0.15) is 24.8 Å². The Kier molecular flexibility index (Phi) is 7.72. The summed E-state index contributed by atoms with van der Waals surface area (Å²) in [5.74, 6) is 1.20. The number of carbonyl (C=O) groups excluding carboxylic acids is 1. The first-order valence-electron chi connectivity index (χ1n) is 8.47. The monoisotopic (exact) mass is 343 g/mol. The number of aryl methyl sites for hydroxylation is 1. The second-order valence-electron chi connectivity index (χ2n) is 5.79. The topological polar surface area (TPSA) is 83.5 Å². The first-order valence-corrected chi connectivity index (χ1v) is 8.47. The normalized spacial score (nSPS) is 10.3. The van der Waals surface area contributed by atoms with Gasteiger partial charge < -0.3 is 20.5 Å². The van der Waals surface area contributed by atoms with Gasteiger partial charge in [-0.3, -0.25) is 4.79 Å². The van der Waals surface area contributed by atoms with Gasteiger partial charge in [0.25, 0.3) is 5.91 Å². The van der Waals surface area contributed by atoms with Crippen molar-refractivity contribution >= 4 is 17.4 Å². The van der Waals surface area contributed by atoms with E-state index >= 15 is 0 Å². The van der Waals surface area contributed by atoms with Gasteiger partial charge in [0.1, 0.15) is 11.6 Å². The van der Waals surface area contributed by atoms with Crippen LogP contribution in [0.3, 0.4) is 0 Å². The highest BCUT2D eigenvalue weighted by atomic mass is 16.5. The van der Waals surface area contributed by atoms with Crippen molar-refractivity contribution < 1.29 is 14.6 Å². The van der Waals surface area contributed by atoms with E-state index in [1.807, 2.05) is 37.3 Å². The van der Waals surface area contributed by atoms with Crippen molar-refractivity contribution in [1.82, 2.24) is 4.98 Å². The zero-order valence-corrected chi connectivity index (χ0v) is 14.5. The number of nitrogens with zero attached hydrogens (tertiary/aromatic N) is 1. The van der Waals surface area contributed by atoms with Gasteiger partial charge in [-0.05, 0) is 50.5 Å². The van der Waals surface area contributed by atoms with Gasteiger partial charge in [-0.15, -0.1) is 0 Å². The molecule has 0 radical (unpaired) electrons. The van der Waals surface area contributed by atoms with E-state index < -0.39 is 0 Å². The van der Waals surface area contributed by atoms with Gasteiger partial charge in [-0.2, -0.15) is 0 Å². The number of amides is 1. The predicted octanol–water partition coefficient (Wildman–Crippen LogP) is 2.98. The number of aliphatic hydroxyl groups excluding tert-OH is 1. The average molecular weight is 343 g/mol. The van der Waals surface area contributed by atoms with Crippen LogP contribution >= 0.6 is 0 Å². The number of rotatable bonds is 10. The molecule has 1 heterocycles. The molecule has 1 aromatic carbocycles.